The van der Waals surface area contributed by atoms with E-state index >= 15 is 0 Å². The molecule has 15 heavy (non-hydrogen) atoms. The zero-order valence-electron chi connectivity index (χ0n) is 9.11. The molecule has 1 saturated carbocycles. The van der Waals surface area contributed by atoms with Gasteiger partial charge in [0.2, 0.25) is 0 Å². The highest BCUT2D eigenvalue weighted by Gasteiger charge is 2.27. The van der Waals surface area contributed by atoms with Gasteiger partial charge in [-0.3, -0.25) is 4.90 Å². The van der Waals surface area contributed by atoms with Gasteiger partial charge in [0.15, 0.2) is 0 Å². The molecular formula is C11H18N4. The quantitative estimate of drug-likeness (QED) is 0.564. The molecule has 1 aromatic rings. The Balaban J connectivity index is 2.01. The van der Waals surface area contributed by atoms with Crippen LogP contribution in [0.25, 0.3) is 0 Å². The van der Waals surface area contributed by atoms with Gasteiger partial charge in [0.1, 0.15) is 5.82 Å². The smallest absolute Gasteiger partial charge is 0.140 e. The average Bonchev–Trinajstić information content (AvgIpc) is 3.10. The van der Waals surface area contributed by atoms with Crippen LogP contribution in [-0.4, -0.2) is 22.5 Å². The SMILES string of the molecule is CCN(Cc1ccnc(NN)c1)C1CC1. The standard InChI is InChI=1S/C11H18N4/c1-2-15(10-3-4-10)8-9-5-6-13-11(7-9)14-12/h5-7,10H,2-4,8,12H2,1H3,(H,13,14). The summed E-state index contributed by atoms with van der Waals surface area (Å²) >= 11 is 0. The van der Waals surface area contributed by atoms with Crippen LogP contribution in [0.1, 0.15) is 25.3 Å². The molecule has 0 amide bonds. The van der Waals surface area contributed by atoms with Crippen molar-refractivity contribution in [2.45, 2.75) is 32.4 Å². The first-order chi connectivity index (χ1) is 7.33. The van der Waals surface area contributed by atoms with Crippen molar-refractivity contribution in [3.05, 3.63) is 23.9 Å². The van der Waals surface area contributed by atoms with Crippen molar-refractivity contribution < 1.29 is 0 Å². The van der Waals surface area contributed by atoms with Crippen molar-refractivity contribution in [2.24, 2.45) is 5.84 Å². The molecule has 0 unspecified atom stereocenters. The molecule has 0 aliphatic heterocycles. The maximum atomic E-state index is 5.33. The second-order valence-electron chi connectivity index (χ2n) is 3.99. The third-order valence-electron chi connectivity index (χ3n) is 2.83. The maximum absolute atomic E-state index is 5.33. The molecule has 0 spiro atoms. The summed E-state index contributed by atoms with van der Waals surface area (Å²) in [5, 5.41) is 0. The van der Waals surface area contributed by atoms with Crippen LogP contribution >= 0.6 is 0 Å². The highest BCUT2D eigenvalue weighted by atomic mass is 15.2. The highest BCUT2D eigenvalue weighted by molar-refractivity contribution is 5.35. The van der Waals surface area contributed by atoms with Gasteiger partial charge in [-0.1, -0.05) is 6.92 Å². The number of hydrogen-bond acceptors (Lipinski definition) is 4. The van der Waals surface area contributed by atoms with E-state index in [9.17, 15) is 0 Å². The van der Waals surface area contributed by atoms with Crippen molar-refractivity contribution in [1.29, 1.82) is 0 Å². The number of nitrogens with zero attached hydrogens (tertiary/aromatic N) is 2. The number of pyridine rings is 1. The van der Waals surface area contributed by atoms with E-state index in [0.29, 0.717) is 0 Å². The van der Waals surface area contributed by atoms with Gasteiger partial charge in [-0.25, -0.2) is 10.8 Å². The van der Waals surface area contributed by atoms with E-state index in [0.717, 1.165) is 24.9 Å². The minimum Gasteiger partial charge on any atom is -0.308 e. The number of hydrazine groups is 1. The third kappa shape index (κ3) is 2.67. The number of aromatic nitrogens is 1. The third-order valence-corrected chi connectivity index (χ3v) is 2.83. The summed E-state index contributed by atoms with van der Waals surface area (Å²) in [7, 11) is 0. The summed E-state index contributed by atoms with van der Waals surface area (Å²) in [6.45, 7) is 4.32. The second kappa shape index (κ2) is 4.59. The molecule has 4 nitrogen and oxygen atoms in total. The van der Waals surface area contributed by atoms with E-state index in [4.69, 9.17) is 5.84 Å². The molecule has 2 rings (SSSR count). The molecule has 4 heteroatoms. The Morgan fingerprint density at radius 3 is 3.00 bits per heavy atom. The largest absolute Gasteiger partial charge is 0.308 e. The lowest BCUT2D eigenvalue weighted by Gasteiger charge is -2.19. The predicted molar refractivity (Wildman–Crippen MR) is 61.2 cm³/mol. The van der Waals surface area contributed by atoms with Crippen LogP contribution in [-0.2, 0) is 6.54 Å². The Morgan fingerprint density at radius 2 is 2.40 bits per heavy atom. The summed E-state index contributed by atoms with van der Waals surface area (Å²) in [6, 6.07) is 4.86. The number of nitrogen functional groups attached to an aromatic ring is 1. The van der Waals surface area contributed by atoms with Crippen molar-refractivity contribution in [3.63, 3.8) is 0 Å². The molecule has 82 valence electrons. The lowest BCUT2D eigenvalue weighted by atomic mass is 10.2. The van der Waals surface area contributed by atoms with E-state index in [1.807, 2.05) is 12.1 Å². The van der Waals surface area contributed by atoms with E-state index in [-0.39, 0.29) is 0 Å². The van der Waals surface area contributed by atoms with Crippen LogP contribution in [0.15, 0.2) is 18.3 Å². The first kappa shape index (κ1) is 10.4. The lowest BCUT2D eigenvalue weighted by molar-refractivity contribution is 0.269. The van der Waals surface area contributed by atoms with Crippen molar-refractivity contribution >= 4 is 5.82 Å². The first-order valence-electron chi connectivity index (χ1n) is 5.49. The molecular weight excluding hydrogens is 188 g/mol. The molecule has 0 aromatic carbocycles. The predicted octanol–water partition coefficient (Wildman–Crippen LogP) is 1.35. The summed E-state index contributed by atoms with van der Waals surface area (Å²) in [5.41, 5.74) is 3.84. The Bertz CT molecular complexity index is 322. The highest BCUT2D eigenvalue weighted by Crippen LogP contribution is 2.27. The number of anilines is 1. The van der Waals surface area contributed by atoms with Gasteiger partial charge in [0.05, 0.1) is 0 Å². The molecule has 3 N–H and O–H groups in total. The molecule has 0 saturated heterocycles. The summed E-state index contributed by atoms with van der Waals surface area (Å²) in [4.78, 5) is 6.59. The lowest BCUT2D eigenvalue weighted by Crippen LogP contribution is -2.25. The van der Waals surface area contributed by atoms with Crippen LogP contribution in [0.3, 0.4) is 0 Å². The number of nitrogens with one attached hydrogen (secondary N) is 1. The topological polar surface area (TPSA) is 54.2 Å². The minimum atomic E-state index is 0.736. The Morgan fingerprint density at radius 1 is 1.60 bits per heavy atom. The molecule has 1 aliphatic carbocycles. The second-order valence-corrected chi connectivity index (χ2v) is 3.99. The zero-order valence-corrected chi connectivity index (χ0v) is 9.11. The number of rotatable bonds is 5. The van der Waals surface area contributed by atoms with Gasteiger partial charge in [0, 0.05) is 18.8 Å². The first-order valence-corrected chi connectivity index (χ1v) is 5.49. The Labute approximate surface area is 90.5 Å². The zero-order chi connectivity index (χ0) is 10.7. The van der Waals surface area contributed by atoms with Crippen LogP contribution < -0.4 is 11.3 Å². The van der Waals surface area contributed by atoms with Crippen molar-refractivity contribution in [2.75, 3.05) is 12.0 Å². The number of hydrogen-bond donors (Lipinski definition) is 2. The molecule has 1 fully saturated rings. The van der Waals surface area contributed by atoms with E-state index in [2.05, 4.69) is 22.2 Å². The summed E-state index contributed by atoms with van der Waals surface area (Å²) in [5.74, 6) is 6.06. The fourth-order valence-electron chi connectivity index (χ4n) is 1.82. The molecule has 0 atom stereocenters. The number of nitrogens with two attached hydrogens (primary N) is 1. The van der Waals surface area contributed by atoms with Crippen molar-refractivity contribution in [3.8, 4) is 0 Å². The summed E-state index contributed by atoms with van der Waals surface area (Å²) in [6.07, 6.45) is 4.49. The van der Waals surface area contributed by atoms with Gasteiger partial charge in [0.25, 0.3) is 0 Å². The Kier molecular flexibility index (Phi) is 3.18. The maximum Gasteiger partial charge on any atom is 0.140 e. The fraction of sp³-hybridized carbons (Fsp3) is 0.545. The summed E-state index contributed by atoms with van der Waals surface area (Å²) < 4.78 is 0. The monoisotopic (exact) mass is 206 g/mol. The minimum absolute atomic E-state index is 0.736. The van der Waals surface area contributed by atoms with Crippen LogP contribution in [0.4, 0.5) is 5.82 Å². The van der Waals surface area contributed by atoms with E-state index in [1.54, 1.807) is 6.20 Å². The molecule has 1 heterocycles. The van der Waals surface area contributed by atoms with Crippen molar-refractivity contribution in [1.82, 2.24) is 9.88 Å². The van der Waals surface area contributed by atoms with Crippen LogP contribution in [0.5, 0.6) is 0 Å². The fourth-order valence-corrected chi connectivity index (χ4v) is 1.82. The van der Waals surface area contributed by atoms with Gasteiger partial charge in [-0.2, -0.15) is 0 Å². The van der Waals surface area contributed by atoms with E-state index in [1.165, 1.54) is 18.4 Å². The van der Waals surface area contributed by atoms with Gasteiger partial charge < -0.3 is 5.43 Å². The normalized spacial score (nSPS) is 15.7. The van der Waals surface area contributed by atoms with E-state index < -0.39 is 0 Å². The molecule has 1 aromatic heterocycles. The Hall–Kier alpha value is -1.13. The van der Waals surface area contributed by atoms with Gasteiger partial charge in [-0.05, 0) is 37.1 Å². The van der Waals surface area contributed by atoms with Gasteiger partial charge >= 0.3 is 0 Å². The van der Waals surface area contributed by atoms with Gasteiger partial charge in [-0.15, -0.1) is 0 Å². The molecule has 0 bridgehead atoms. The molecule has 0 radical (unpaired) electrons. The molecule has 1 aliphatic rings. The average molecular weight is 206 g/mol. The van der Waals surface area contributed by atoms with Crippen LogP contribution in [0.2, 0.25) is 0 Å². The van der Waals surface area contributed by atoms with Crippen LogP contribution in [0, 0.1) is 0 Å².